The smallest absolute Gasteiger partial charge is 0.254 e. The Kier molecular flexibility index (Phi) is 7.53. The Balaban J connectivity index is 1.79. The molecule has 162 valence electrons. The molecule has 1 aliphatic heterocycles. The molecule has 1 aliphatic rings. The van der Waals surface area contributed by atoms with Crippen molar-refractivity contribution >= 4 is 15.7 Å². The van der Waals surface area contributed by atoms with E-state index in [0.29, 0.717) is 25.1 Å². The van der Waals surface area contributed by atoms with Gasteiger partial charge >= 0.3 is 0 Å². The van der Waals surface area contributed by atoms with E-state index in [2.05, 4.69) is 26.0 Å². The van der Waals surface area contributed by atoms with Crippen LogP contribution in [0.25, 0.3) is 0 Å². The summed E-state index contributed by atoms with van der Waals surface area (Å²) in [5.74, 6) is 0.770. The van der Waals surface area contributed by atoms with Gasteiger partial charge in [0, 0.05) is 18.2 Å². The normalized spacial score (nSPS) is 17.6. The third-order valence-corrected chi connectivity index (χ3v) is 7.31. The Labute approximate surface area is 180 Å². The summed E-state index contributed by atoms with van der Waals surface area (Å²) in [6.07, 6.45) is 3.49. The van der Waals surface area contributed by atoms with Crippen LogP contribution < -0.4 is 4.74 Å². The maximum atomic E-state index is 13.3. The van der Waals surface area contributed by atoms with Crippen molar-refractivity contribution < 1.29 is 17.9 Å². The van der Waals surface area contributed by atoms with Crippen LogP contribution in [0.2, 0.25) is 0 Å². The molecule has 0 unspecified atom stereocenters. The summed E-state index contributed by atoms with van der Waals surface area (Å²) < 4.78 is 29.8. The van der Waals surface area contributed by atoms with Crippen LogP contribution in [0.1, 0.15) is 54.6 Å². The predicted molar refractivity (Wildman–Crippen MR) is 120 cm³/mol. The molecular weight excluding hydrogens is 398 g/mol. The fraction of sp³-hybridized carbons (Fsp3) is 0.458. The Hall–Kier alpha value is -2.34. The van der Waals surface area contributed by atoms with Crippen molar-refractivity contribution in [2.75, 3.05) is 18.1 Å². The fourth-order valence-electron chi connectivity index (χ4n) is 3.66. The summed E-state index contributed by atoms with van der Waals surface area (Å²) in [7, 11) is -3.09. The molecule has 1 atom stereocenters. The number of benzene rings is 2. The van der Waals surface area contributed by atoms with Crippen molar-refractivity contribution in [1.82, 2.24) is 4.90 Å². The third-order valence-electron chi connectivity index (χ3n) is 5.56. The van der Waals surface area contributed by atoms with E-state index < -0.39 is 9.84 Å². The average Bonchev–Trinajstić information content (AvgIpc) is 3.12. The van der Waals surface area contributed by atoms with Crippen molar-refractivity contribution in [3.8, 4) is 5.75 Å². The molecule has 0 aromatic heterocycles. The molecule has 30 heavy (non-hydrogen) atoms. The van der Waals surface area contributed by atoms with Gasteiger partial charge in [-0.15, -0.1) is 0 Å². The van der Waals surface area contributed by atoms with Crippen molar-refractivity contribution in [1.29, 1.82) is 0 Å². The highest BCUT2D eigenvalue weighted by atomic mass is 32.2. The van der Waals surface area contributed by atoms with Crippen LogP contribution in [0.4, 0.5) is 0 Å². The highest BCUT2D eigenvalue weighted by Gasteiger charge is 2.35. The van der Waals surface area contributed by atoms with Crippen LogP contribution in [0.15, 0.2) is 48.5 Å². The minimum atomic E-state index is -3.09. The van der Waals surface area contributed by atoms with Gasteiger partial charge in [0.1, 0.15) is 5.75 Å². The average molecular weight is 430 g/mol. The van der Waals surface area contributed by atoms with Crippen molar-refractivity contribution in [3.05, 3.63) is 65.2 Å². The van der Waals surface area contributed by atoms with Gasteiger partial charge in [0.2, 0.25) is 0 Å². The first kappa shape index (κ1) is 22.3. The van der Waals surface area contributed by atoms with E-state index in [0.717, 1.165) is 30.6 Å². The van der Waals surface area contributed by atoms with E-state index in [4.69, 9.17) is 4.74 Å². The van der Waals surface area contributed by atoms with Crippen LogP contribution in [0, 0.1) is 0 Å². The van der Waals surface area contributed by atoms with Crippen LogP contribution >= 0.6 is 0 Å². The van der Waals surface area contributed by atoms with Gasteiger partial charge in [-0.3, -0.25) is 4.79 Å². The Morgan fingerprint density at radius 3 is 2.27 bits per heavy atom. The highest BCUT2D eigenvalue weighted by molar-refractivity contribution is 7.91. The van der Waals surface area contributed by atoms with Gasteiger partial charge in [0.25, 0.3) is 5.91 Å². The lowest BCUT2D eigenvalue weighted by molar-refractivity contribution is 0.0681. The number of aryl methyl sites for hydroxylation is 1. The monoisotopic (exact) mass is 429 g/mol. The number of ether oxygens (including phenoxy) is 1. The first-order valence-electron chi connectivity index (χ1n) is 10.7. The van der Waals surface area contributed by atoms with Gasteiger partial charge in [0.15, 0.2) is 9.84 Å². The molecule has 2 aromatic carbocycles. The van der Waals surface area contributed by atoms with E-state index >= 15 is 0 Å². The third kappa shape index (κ3) is 5.85. The first-order valence-corrected chi connectivity index (χ1v) is 12.6. The molecule has 1 heterocycles. The quantitative estimate of drug-likeness (QED) is 0.559. The maximum absolute atomic E-state index is 13.3. The Morgan fingerprint density at radius 1 is 1.03 bits per heavy atom. The van der Waals surface area contributed by atoms with Gasteiger partial charge in [0.05, 0.1) is 18.1 Å². The zero-order chi connectivity index (χ0) is 21.6. The standard InChI is InChI=1S/C24H31NO4S/c1-3-5-15-29-23-12-10-21(11-13-23)24(26)25(22-14-16-30(27,28)18-22)17-20-8-6-19(4-2)7-9-20/h6-13,22H,3-5,14-18H2,1-2H3/t22-/m1/s1. The largest absolute Gasteiger partial charge is 0.494 e. The van der Waals surface area contributed by atoms with Crippen LogP contribution in [-0.4, -0.2) is 43.4 Å². The second kappa shape index (κ2) is 10.1. The molecule has 6 heteroatoms. The fourth-order valence-corrected chi connectivity index (χ4v) is 5.39. The number of nitrogens with zero attached hydrogens (tertiary/aromatic N) is 1. The number of amides is 1. The summed E-state index contributed by atoms with van der Waals surface area (Å²) in [5.41, 5.74) is 2.79. The number of hydrogen-bond donors (Lipinski definition) is 0. The predicted octanol–water partition coefficient (Wildman–Crippen LogP) is 4.26. The van der Waals surface area contributed by atoms with Crippen LogP contribution in [0.5, 0.6) is 5.75 Å². The minimum Gasteiger partial charge on any atom is -0.494 e. The van der Waals surface area contributed by atoms with E-state index in [1.807, 2.05) is 24.3 Å². The number of hydrogen-bond acceptors (Lipinski definition) is 4. The van der Waals surface area contributed by atoms with Crippen LogP contribution in [-0.2, 0) is 22.8 Å². The number of carbonyl (C=O) groups is 1. The minimum absolute atomic E-state index is 0.0317. The molecule has 1 fully saturated rings. The Morgan fingerprint density at radius 2 is 1.70 bits per heavy atom. The van der Waals surface area contributed by atoms with E-state index in [1.165, 1.54) is 5.56 Å². The number of sulfone groups is 1. The molecule has 1 saturated heterocycles. The molecule has 2 aromatic rings. The second-order valence-electron chi connectivity index (χ2n) is 7.89. The number of rotatable bonds is 9. The number of carbonyl (C=O) groups excluding carboxylic acids is 1. The lowest BCUT2D eigenvalue weighted by Crippen LogP contribution is -2.40. The molecule has 0 spiro atoms. The number of unbranched alkanes of at least 4 members (excludes halogenated alkanes) is 1. The van der Waals surface area contributed by atoms with E-state index in [9.17, 15) is 13.2 Å². The molecule has 0 radical (unpaired) electrons. The van der Waals surface area contributed by atoms with Gasteiger partial charge < -0.3 is 9.64 Å². The molecule has 3 rings (SSSR count). The van der Waals surface area contributed by atoms with Crippen molar-refractivity contribution in [2.45, 2.75) is 52.1 Å². The summed E-state index contributed by atoms with van der Waals surface area (Å²) in [6, 6.07) is 15.0. The molecule has 5 nitrogen and oxygen atoms in total. The topological polar surface area (TPSA) is 63.7 Å². The molecule has 1 amide bonds. The van der Waals surface area contributed by atoms with E-state index in [1.54, 1.807) is 17.0 Å². The highest BCUT2D eigenvalue weighted by Crippen LogP contribution is 2.23. The zero-order valence-electron chi connectivity index (χ0n) is 17.8. The van der Waals surface area contributed by atoms with Crippen LogP contribution in [0.3, 0.4) is 0 Å². The molecule has 0 N–H and O–H groups in total. The molecule has 0 bridgehead atoms. The van der Waals surface area contributed by atoms with Crippen molar-refractivity contribution in [2.24, 2.45) is 0 Å². The summed E-state index contributed by atoms with van der Waals surface area (Å²) in [4.78, 5) is 15.1. The molecular formula is C24H31NO4S. The Bertz CT molecular complexity index is 936. The molecule has 0 saturated carbocycles. The van der Waals surface area contributed by atoms with Gasteiger partial charge in [-0.25, -0.2) is 8.42 Å². The van der Waals surface area contributed by atoms with Gasteiger partial charge in [-0.05, 0) is 54.7 Å². The van der Waals surface area contributed by atoms with Crippen molar-refractivity contribution in [3.63, 3.8) is 0 Å². The van der Waals surface area contributed by atoms with E-state index in [-0.39, 0.29) is 23.5 Å². The summed E-state index contributed by atoms with van der Waals surface area (Å²) >= 11 is 0. The summed E-state index contributed by atoms with van der Waals surface area (Å²) in [5, 5.41) is 0. The lowest BCUT2D eigenvalue weighted by atomic mass is 10.1. The van der Waals surface area contributed by atoms with Gasteiger partial charge in [-0.2, -0.15) is 0 Å². The molecule has 0 aliphatic carbocycles. The summed E-state index contributed by atoms with van der Waals surface area (Å²) in [6.45, 7) is 5.27. The SMILES string of the molecule is CCCCOc1ccc(C(=O)N(Cc2ccc(CC)cc2)[C@@H]2CCS(=O)(=O)C2)cc1. The first-order chi connectivity index (χ1) is 14.4. The van der Waals surface area contributed by atoms with Gasteiger partial charge in [-0.1, -0.05) is 44.5 Å². The lowest BCUT2D eigenvalue weighted by Gasteiger charge is -2.28. The maximum Gasteiger partial charge on any atom is 0.254 e. The second-order valence-corrected chi connectivity index (χ2v) is 10.1. The zero-order valence-corrected chi connectivity index (χ0v) is 18.7.